The zero-order chi connectivity index (χ0) is 56.5. The van der Waals surface area contributed by atoms with E-state index in [1.54, 1.807) is 0 Å². The molecule has 0 saturated carbocycles. The maximum Gasteiger partial charge on any atom is 0.220 e. The molecule has 78 heavy (non-hydrogen) atoms. The molecule has 0 bridgehead atoms. The minimum atomic E-state index is -1.56. The lowest BCUT2D eigenvalue weighted by molar-refractivity contribution is -0.302. The van der Waals surface area contributed by atoms with E-state index in [9.17, 15) is 30.3 Å². The van der Waals surface area contributed by atoms with Gasteiger partial charge in [0.15, 0.2) is 6.29 Å². The van der Waals surface area contributed by atoms with E-state index < -0.39 is 49.5 Å². The Hall–Kier alpha value is -3.15. The summed E-state index contributed by atoms with van der Waals surface area (Å²) in [5, 5.41) is 54.8. The Balaban J connectivity index is 2.19. The van der Waals surface area contributed by atoms with Crippen LogP contribution in [0.25, 0.3) is 0 Å². The molecule has 9 heteroatoms. The summed E-state index contributed by atoms with van der Waals surface area (Å²) in [7, 11) is 0. The third kappa shape index (κ3) is 45.6. The molecule has 6 N–H and O–H groups in total. The van der Waals surface area contributed by atoms with Gasteiger partial charge in [0.05, 0.1) is 25.4 Å². The van der Waals surface area contributed by atoms with Gasteiger partial charge < -0.3 is 40.3 Å². The lowest BCUT2D eigenvalue weighted by Gasteiger charge is -2.40. The number of aliphatic hydroxyl groups is 5. The second-order valence-corrected chi connectivity index (χ2v) is 21.8. The molecular weight excluding hydrogens is 971 g/mol. The number of hydrogen-bond donors (Lipinski definition) is 6. The summed E-state index contributed by atoms with van der Waals surface area (Å²) in [5.41, 5.74) is 0. The van der Waals surface area contributed by atoms with E-state index in [0.717, 1.165) is 109 Å². The number of carbonyl (C=O) groups is 1. The number of nitrogens with one attached hydrogen (secondary N) is 1. The molecule has 1 fully saturated rings. The molecule has 1 amide bonds. The predicted molar refractivity (Wildman–Crippen MR) is 331 cm³/mol. The Morgan fingerprint density at radius 2 is 0.795 bits per heavy atom. The highest BCUT2D eigenvalue weighted by molar-refractivity contribution is 5.76. The average Bonchev–Trinajstić information content (AvgIpc) is 3.45. The van der Waals surface area contributed by atoms with Crippen molar-refractivity contribution in [1.29, 1.82) is 0 Å². The fourth-order valence-electron chi connectivity index (χ4n) is 9.63. The van der Waals surface area contributed by atoms with Gasteiger partial charge in [0.2, 0.25) is 5.91 Å². The minimum Gasteiger partial charge on any atom is -0.394 e. The molecule has 0 aromatic carbocycles. The van der Waals surface area contributed by atoms with Gasteiger partial charge in [0.25, 0.3) is 0 Å². The molecule has 7 atom stereocenters. The smallest absolute Gasteiger partial charge is 0.220 e. The van der Waals surface area contributed by atoms with Crippen LogP contribution < -0.4 is 5.32 Å². The van der Waals surface area contributed by atoms with E-state index >= 15 is 0 Å². The summed E-state index contributed by atoms with van der Waals surface area (Å²) in [6, 6.07) is -0.734. The number of aliphatic hydroxyl groups excluding tert-OH is 5. The molecule has 1 saturated heterocycles. The zero-order valence-electron chi connectivity index (χ0n) is 49.9. The molecule has 0 radical (unpaired) electrons. The third-order valence-corrected chi connectivity index (χ3v) is 14.6. The minimum absolute atomic E-state index is 0.148. The van der Waals surface area contributed by atoms with Gasteiger partial charge in [-0.3, -0.25) is 4.79 Å². The van der Waals surface area contributed by atoms with Crippen LogP contribution in [0.5, 0.6) is 0 Å². The summed E-state index contributed by atoms with van der Waals surface area (Å²) in [4.78, 5) is 13.1. The normalized spacial score (nSPS) is 19.4. The van der Waals surface area contributed by atoms with Crippen molar-refractivity contribution in [3.63, 3.8) is 0 Å². The van der Waals surface area contributed by atoms with Crippen molar-refractivity contribution in [3.8, 4) is 0 Å². The Labute approximate surface area is 478 Å². The van der Waals surface area contributed by atoms with Crippen LogP contribution in [0.4, 0.5) is 0 Å². The summed E-state index contributed by atoms with van der Waals surface area (Å²) < 4.78 is 11.3. The number of rotatable bonds is 54. The monoisotopic (exact) mass is 1090 g/mol. The Morgan fingerprint density at radius 3 is 1.18 bits per heavy atom. The Bertz CT molecular complexity index is 1590. The second kappa shape index (κ2) is 57.1. The lowest BCUT2D eigenvalue weighted by Crippen LogP contribution is -2.60. The van der Waals surface area contributed by atoms with Gasteiger partial charge in [-0.15, -0.1) is 0 Å². The summed E-state index contributed by atoms with van der Waals surface area (Å²) >= 11 is 0. The molecule has 1 aliphatic heterocycles. The van der Waals surface area contributed by atoms with Crippen LogP contribution in [0.1, 0.15) is 264 Å². The topological polar surface area (TPSA) is 149 Å². The first kappa shape index (κ1) is 72.9. The highest BCUT2D eigenvalue weighted by atomic mass is 16.7. The van der Waals surface area contributed by atoms with Crippen molar-refractivity contribution in [3.05, 3.63) is 109 Å². The van der Waals surface area contributed by atoms with Crippen LogP contribution in [-0.4, -0.2) is 87.5 Å². The van der Waals surface area contributed by atoms with Crippen LogP contribution in [-0.2, 0) is 14.3 Å². The maximum atomic E-state index is 13.1. The standard InChI is InChI=1S/C69H119NO8/c1-3-5-7-9-11-13-15-17-19-21-23-25-26-27-28-29-30-31-32-33-34-35-36-37-38-39-41-43-45-47-49-51-53-55-57-59-65(73)70-62(61-77-69-68(76)67(75)66(74)64(60-71)78-69)63(72)58-56-54-52-50-48-46-44-42-40-24-22-20-18-16-14-12-10-8-6-4-2/h5,7,11,13,17,19,23,25,27-28,30-31,33-34,36-37,39,41,62-64,66-69,71-72,74-76H,3-4,6,8-10,12,14-16,18,20-22,24,26,29,32,35,38,40,42-61H2,1-2H3,(H,70,73)/b7-5-,13-11-,19-17-,25-23-,28-27-,31-30-,34-33-,37-36-,41-39-. The molecule has 0 spiro atoms. The Morgan fingerprint density at radius 1 is 0.449 bits per heavy atom. The van der Waals surface area contributed by atoms with E-state index in [1.165, 1.54) is 128 Å². The second-order valence-electron chi connectivity index (χ2n) is 21.8. The Kier molecular flexibility index (Phi) is 53.3. The quantitative estimate of drug-likeness (QED) is 0.0261. The summed E-state index contributed by atoms with van der Waals surface area (Å²) in [5.74, 6) is -0.158. The van der Waals surface area contributed by atoms with Gasteiger partial charge in [0, 0.05) is 6.42 Å². The van der Waals surface area contributed by atoms with E-state index in [4.69, 9.17) is 9.47 Å². The summed E-state index contributed by atoms with van der Waals surface area (Å²) in [6.07, 6.45) is 76.9. The van der Waals surface area contributed by atoms with E-state index in [1.807, 2.05) is 0 Å². The van der Waals surface area contributed by atoms with Gasteiger partial charge in [-0.2, -0.15) is 0 Å². The molecule has 1 rings (SSSR count). The fourth-order valence-corrected chi connectivity index (χ4v) is 9.63. The van der Waals surface area contributed by atoms with Crippen molar-refractivity contribution in [1.82, 2.24) is 5.32 Å². The first-order chi connectivity index (χ1) is 38.3. The molecule has 1 aliphatic rings. The van der Waals surface area contributed by atoms with Crippen molar-refractivity contribution < 1.29 is 39.8 Å². The van der Waals surface area contributed by atoms with E-state index in [-0.39, 0.29) is 12.5 Å². The third-order valence-electron chi connectivity index (χ3n) is 14.6. The lowest BCUT2D eigenvalue weighted by atomic mass is 9.99. The van der Waals surface area contributed by atoms with Gasteiger partial charge >= 0.3 is 0 Å². The molecule has 1 heterocycles. The van der Waals surface area contributed by atoms with E-state index in [0.29, 0.717) is 12.8 Å². The van der Waals surface area contributed by atoms with Crippen molar-refractivity contribution >= 4 is 5.91 Å². The molecular formula is C69H119NO8. The van der Waals surface area contributed by atoms with Crippen molar-refractivity contribution in [2.24, 2.45) is 0 Å². The fraction of sp³-hybridized carbons (Fsp3) is 0.725. The van der Waals surface area contributed by atoms with E-state index in [2.05, 4.69) is 129 Å². The molecule has 7 unspecified atom stereocenters. The van der Waals surface area contributed by atoms with Crippen LogP contribution in [0, 0.1) is 0 Å². The number of hydrogen-bond acceptors (Lipinski definition) is 8. The van der Waals surface area contributed by atoms with Crippen molar-refractivity contribution in [2.45, 2.75) is 307 Å². The average molecular weight is 1090 g/mol. The first-order valence-electron chi connectivity index (χ1n) is 32.1. The van der Waals surface area contributed by atoms with Crippen LogP contribution in [0.3, 0.4) is 0 Å². The number of ether oxygens (including phenoxy) is 2. The maximum absolute atomic E-state index is 13.1. The molecule has 9 nitrogen and oxygen atoms in total. The number of amides is 1. The number of allylic oxidation sites excluding steroid dienone is 18. The van der Waals surface area contributed by atoms with Gasteiger partial charge in [-0.1, -0.05) is 284 Å². The van der Waals surface area contributed by atoms with Gasteiger partial charge in [0.1, 0.15) is 24.4 Å². The number of carbonyl (C=O) groups excluding carboxylic acids is 1. The summed E-state index contributed by atoms with van der Waals surface area (Å²) in [6.45, 7) is 3.73. The molecule has 0 aliphatic carbocycles. The van der Waals surface area contributed by atoms with Gasteiger partial charge in [-0.25, -0.2) is 0 Å². The van der Waals surface area contributed by atoms with Crippen molar-refractivity contribution in [2.75, 3.05) is 13.2 Å². The van der Waals surface area contributed by atoms with Gasteiger partial charge in [-0.05, 0) is 83.5 Å². The zero-order valence-corrected chi connectivity index (χ0v) is 49.9. The van der Waals surface area contributed by atoms with Crippen LogP contribution in [0.2, 0.25) is 0 Å². The molecule has 448 valence electrons. The van der Waals surface area contributed by atoms with Crippen LogP contribution in [0.15, 0.2) is 109 Å². The largest absolute Gasteiger partial charge is 0.394 e. The first-order valence-corrected chi connectivity index (χ1v) is 32.1. The molecule has 0 aromatic rings. The SMILES string of the molecule is CC/C=C\C/C=C\C/C=C\C/C=C\C/C=C\C/C=C\C/C=C\C/C=C\C/C=C\CCCCCCCCCC(=O)NC(COC1OC(CO)C(O)C(O)C1O)C(O)CCCCCCCCCCCCCCCCCCCCCC. The highest BCUT2D eigenvalue weighted by Gasteiger charge is 2.44. The van der Waals surface area contributed by atoms with Crippen LogP contribution >= 0.6 is 0 Å². The molecule has 0 aromatic heterocycles. The predicted octanol–water partition coefficient (Wildman–Crippen LogP) is 16.9. The number of unbranched alkanes of at least 4 members (excludes halogenated alkanes) is 26. The highest BCUT2D eigenvalue weighted by Crippen LogP contribution is 2.23.